The molecular formula is C24H31FN2O. The van der Waals surface area contributed by atoms with Crippen molar-refractivity contribution in [2.75, 3.05) is 13.1 Å². The second-order valence-corrected chi connectivity index (χ2v) is 8.24. The third kappa shape index (κ3) is 5.65. The molecule has 2 aromatic rings. The maximum Gasteiger partial charge on any atom is 0.223 e. The van der Waals surface area contributed by atoms with Crippen molar-refractivity contribution in [1.29, 1.82) is 0 Å². The van der Waals surface area contributed by atoms with Crippen molar-refractivity contribution in [1.82, 2.24) is 10.2 Å². The maximum absolute atomic E-state index is 13.9. The molecule has 3 nitrogen and oxygen atoms in total. The molecule has 0 aliphatic carbocycles. The zero-order valence-electron chi connectivity index (χ0n) is 16.9. The van der Waals surface area contributed by atoms with Crippen LogP contribution < -0.4 is 5.32 Å². The number of benzene rings is 2. The molecular weight excluding hydrogens is 351 g/mol. The fourth-order valence-corrected chi connectivity index (χ4v) is 3.95. The van der Waals surface area contributed by atoms with Gasteiger partial charge < -0.3 is 5.32 Å². The summed E-state index contributed by atoms with van der Waals surface area (Å²) in [4.78, 5) is 15.1. The summed E-state index contributed by atoms with van der Waals surface area (Å²) in [6.07, 6.45) is 2.58. The molecule has 150 valence electrons. The Kier molecular flexibility index (Phi) is 7.21. The number of nitrogens with one attached hydrogen (secondary N) is 1. The predicted octanol–water partition coefficient (Wildman–Crippen LogP) is 4.94. The third-order valence-corrected chi connectivity index (χ3v) is 5.54. The standard InChI is InChI=1S/C24H31FN2O/c1-18(2)16-23(19-8-4-3-5-9-19)26-24(28)20-12-14-27(15-13-20)17-21-10-6-7-11-22(21)25/h3-11,18,20,23H,12-17H2,1-2H3,(H,26,28)/t23-/m0/s1. The monoisotopic (exact) mass is 382 g/mol. The van der Waals surface area contributed by atoms with Gasteiger partial charge in [-0.2, -0.15) is 0 Å². The highest BCUT2D eigenvalue weighted by Gasteiger charge is 2.27. The second kappa shape index (κ2) is 9.83. The summed E-state index contributed by atoms with van der Waals surface area (Å²) < 4.78 is 13.9. The minimum Gasteiger partial charge on any atom is -0.349 e. The van der Waals surface area contributed by atoms with Crippen LogP contribution >= 0.6 is 0 Å². The van der Waals surface area contributed by atoms with Crippen molar-refractivity contribution < 1.29 is 9.18 Å². The number of nitrogens with zero attached hydrogens (tertiary/aromatic N) is 1. The van der Waals surface area contributed by atoms with Crippen molar-refractivity contribution in [2.45, 2.75) is 45.7 Å². The van der Waals surface area contributed by atoms with Crippen molar-refractivity contribution in [3.63, 3.8) is 0 Å². The number of amides is 1. The lowest BCUT2D eigenvalue weighted by atomic mass is 9.92. The smallest absolute Gasteiger partial charge is 0.223 e. The first-order chi connectivity index (χ1) is 13.5. The molecule has 0 aromatic heterocycles. The first-order valence-electron chi connectivity index (χ1n) is 10.3. The summed E-state index contributed by atoms with van der Waals surface area (Å²) in [7, 11) is 0. The van der Waals surface area contributed by atoms with E-state index in [2.05, 4.69) is 36.2 Å². The molecule has 2 aromatic carbocycles. The lowest BCUT2D eigenvalue weighted by Gasteiger charge is -2.32. The van der Waals surface area contributed by atoms with Gasteiger partial charge in [0.15, 0.2) is 0 Å². The number of carbonyl (C=O) groups excluding carboxylic acids is 1. The zero-order valence-corrected chi connectivity index (χ0v) is 16.9. The van der Waals surface area contributed by atoms with Crippen LogP contribution in [0.5, 0.6) is 0 Å². The van der Waals surface area contributed by atoms with Gasteiger partial charge in [-0.15, -0.1) is 0 Å². The van der Waals surface area contributed by atoms with Crippen molar-refractivity contribution >= 4 is 5.91 Å². The number of carbonyl (C=O) groups is 1. The van der Waals surface area contributed by atoms with Gasteiger partial charge in [-0.05, 0) is 49.9 Å². The van der Waals surface area contributed by atoms with Gasteiger partial charge >= 0.3 is 0 Å². The molecule has 1 aliphatic rings. The van der Waals surface area contributed by atoms with Crippen LogP contribution in [0.25, 0.3) is 0 Å². The van der Waals surface area contributed by atoms with Crippen LogP contribution in [-0.4, -0.2) is 23.9 Å². The van der Waals surface area contributed by atoms with Crippen LogP contribution in [0, 0.1) is 17.7 Å². The molecule has 1 saturated heterocycles. The SMILES string of the molecule is CC(C)C[C@H](NC(=O)C1CCN(Cc2ccccc2F)CC1)c1ccccc1. The minimum atomic E-state index is -0.151. The van der Waals surface area contributed by atoms with E-state index in [1.807, 2.05) is 30.3 Å². The van der Waals surface area contributed by atoms with E-state index in [1.165, 1.54) is 11.6 Å². The van der Waals surface area contributed by atoms with Gasteiger partial charge in [0.05, 0.1) is 6.04 Å². The highest BCUT2D eigenvalue weighted by atomic mass is 19.1. The van der Waals surface area contributed by atoms with Crippen molar-refractivity contribution in [2.24, 2.45) is 11.8 Å². The van der Waals surface area contributed by atoms with Gasteiger partial charge in [-0.1, -0.05) is 62.4 Å². The Morgan fingerprint density at radius 3 is 2.36 bits per heavy atom. The molecule has 0 radical (unpaired) electrons. The maximum atomic E-state index is 13.9. The predicted molar refractivity (Wildman–Crippen MR) is 111 cm³/mol. The molecule has 3 rings (SSSR count). The Hall–Kier alpha value is -2.20. The summed E-state index contributed by atoms with van der Waals surface area (Å²) in [5, 5.41) is 3.29. The van der Waals surface area contributed by atoms with Crippen molar-refractivity contribution in [3.8, 4) is 0 Å². The van der Waals surface area contributed by atoms with Crippen LogP contribution in [0.3, 0.4) is 0 Å². The van der Waals surface area contributed by atoms with Gasteiger partial charge in [0, 0.05) is 18.0 Å². The number of likely N-dealkylation sites (tertiary alicyclic amines) is 1. The highest BCUT2D eigenvalue weighted by Crippen LogP contribution is 2.24. The molecule has 0 saturated carbocycles. The van der Waals surface area contributed by atoms with Crippen LogP contribution in [0.1, 0.15) is 50.3 Å². The minimum absolute atomic E-state index is 0.0373. The molecule has 1 fully saturated rings. The molecule has 4 heteroatoms. The summed E-state index contributed by atoms with van der Waals surface area (Å²) in [6.45, 7) is 6.63. The third-order valence-electron chi connectivity index (χ3n) is 5.54. The van der Waals surface area contributed by atoms with Gasteiger partial charge in [-0.25, -0.2) is 4.39 Å². The normalized spacial score (nSPS) is 16.9. The Morgan fingerprint density at radius 2 is 1.71 bits per heavy atom. The average molecular weight is 383 g/mol. The highest BCUT2D eigenvalue weighted by molar-refractivity contribution is 5.79. The van der Waals surface area contributed by atoms with E-state index in [0.29, 0.717) is 12.5 Å². The van der Waals surface area contributed by atoms with Gasteiger partial charge in [0.25, 0.3) is 0 Å². The Morgan fingerprint density at radius 1 is 1.07 bits per heavy atom. The lowest BCUT2D eigenvalue weighted by molar-refractivity contribution is -0.127. The quantitative estimate of drug-likeness (QED) is 0.735. The van der Waals surface area contributed by atoms with Gasteiger partial charge in [0.1, 0.15) is 5.82 Å². The fraction of sp³-hybridized carbons (Fsp3) is 0.458. The van der Waals surface area contributed by atoms with E-state index in [0.717, 1.165) is 37.9 Å². The molecule has 1 N–H and O–H groups in total. The number of halogens is 1. The molecule has 1 amide bonds. The van der Waals surface area contributed by atoms with E-state index >= 15 is 0 Å². The number of hydrogen-bond acceptors (Lipinski definition) is 2. The second-order valence-electron chi connectivity index (χ2n) is 8.24. The van der Waals surface area contributed by atoms with E-state index < -0.39 is 0 Å². The van der Waals surface area contributed by atoms with Gasteiger partial charge in [0.2, 0.25) is 5.91 Å². The number of rotatable bonds is 7. The largest absolute Gasteiger partial charge is 0.349 e. The topological polar surface area (TPSA) is 32.3 Å². The van der Waals surface area contributed by atoms with Crippen LogP contribution in [-0.2, 0) is 11.3 Å². The Bertz CT molecular complexity index is 754. The first-order valence-corrected chi connectivity index (χ1v) is 10.3. The number of piperidine rings is 1. The molecule has 28 heavy (non-hydrogen) atoms. The number of hydrogen-bond donors (Lipinski definition) is 1. The van der Waals surface area contributed by atoms with Crippen LogP contribution in [0.4, 0.5) is 4.39 Å². The van der Waals surface area contributed by atoms with Gasteiger partial charge in [-0.3, -0.25) is 9.69 Å². The van der Waals surface area contributed by atoms with E-state index in [-0.39, 0.29) is 23.7 Å². The lowest BCUT2D eigenvalue weighted by Crippen LogP contribution is -2.41. The first kappa shape index (κ1) is 20.5. The summed E-state index contributed by atoms with van der Waals surface area (Å²) in [6, 6.07) is 17.2. The zero-order chi connectivity index (χ0) is 19.9. The molecule has 1 heterocycles. The molecule has 0 unspecified atom stereocenters. The molecule has 0 spiro atoms. The molecule has 0 bridgehead atoms. The van der Waals surface area contributed by atoms with Crippen LogP contribution in [0.15, 0.2) is 54.6 Å². The summed E-state index contributed by atoms with van der Waals surface area (Å²) >= 11 is 0. The fourth-order valence-electron chi connectivity index (χ4n) is 3.95. The molecule has 1 aliphatic heterocycles. The van der Waals surface area contributed by atoms with Crippen molar-refractivity contribution in [3.05, 3.63) is 71.5 Å². The average Bonchev–Trinajstić information content (AvgIpc) is 2.70. The Balaban J connectivity index is 1.54. The van der Waals surface area contributed by atoms with E-state index in [4.69, 9.17) is 0 Å². The molecule has 1 atom stereocenters. The van der Waals surface area contributed by atoms with E-state index in [9.17, 15) is 9.18 Å². The summed E-state index contributed by atoms with van der Waals surface area (Å²) in [5.41, 5.74) is 1.90. The Labute approximate surface area is 167 Å². The van der Waals surface area contributed by atoms with Crippen LogP contribution in [0.2, 0.25) is 0 Å². The van der Waals surface area contributed by atoms with E-state index in [1.54, 1.807) is 6.07 Å². The summed E-state index contributed by atoms with van der Waals surface area (Å²) in [5.74, 6) is 0.546.